The second kappa shape index (κ2) is 7.02. The quantitative estimate of drug-likeness (QED) is 0.602. The minimum atomic E-state index is 0.226. The molecule has 0 spiro atoms. The molecule has 3 aromatic carbocycles. The van der Waals surface area contributed by atoms with E-state index in [0.29, 0.717) is 0 Å². The molecule has 0 heterocycles. The molecule has 2 N–H and O–H groups in total. The van der Waals surface area contributed by atoms with Crippen LogP contribution in [0.3, 0.4) is 0 Å². The first-order chi connectivity index (χ1) is 11.6. The summed E-state index contributed by atoms with van der Waals surface area (Å²) in [5, 5.41) is 22.7. The zero-order valence-corrected chi connectivity index (χ0v) is 14.6. The van der Waals surface area contributed by atoms with Gasteiger partial charge in [-0.15, -0.1) is 0 Å². The van der Waals surface area contributed by atoms with E-state index in [1.807, 2.05) is 43.3 Å². The molecule has 0 saturated heterocycles. The molecule has 0 saturated carbocycles. The molecule has 24 heavy (non-hydrogen) atoms. The number of hydrogen-bond donors (Lipinski definition) is 2. The van der Waals surface area contributed by atoms with Crippen LogP contribution in [-0.4, -0.2) is 10.2 Å². The fourth-order valence-electron chi connectivity index (χ4n) is 2.64. The monoisotopic (exact) mass is 336 g/mol. The van der Waals surface area contributed by atoms with Crippen LogP contribution in [0.2, 0.25) is 0 Å². The Balaban J connectivity index is 2.09. The number of aryl methyl sites for hydroxylation is 1. The number of fused-ring (bicyclic) bond motifs is 1. The molecule has 0 atom stereocenters. The number of allylic oxidation sites excluding steroid dienone is 1. The Kier molecular flexibility index (Phi) is 4.81. The average Bonchev–Trinajstić information content (AvgIpc) is 2.58. The highest BCUT2D eigenvalue weighted by molar-refractivity contribution is 7.99. The Morgan fingerprint density at radius 1 is 1.00 bits per heavy atom. The van der Waals surface area contributed by atoms with Crippen LogP contribution in [0.25, 0.3) is 16.8 Å². The van der Waals surface area contributed by atoms with Gasteiger partial charge < -0.3 is 10.2 Å². The van der Waals surface area contributed by atoms with Crippen molar-refractivity contribution in [3.05, 3.63) is 65.7 Å². The first-order valence-corrected chi connectivity index (χ1v) is 8.80. The van der Waals surface area contributed by atoms with E-state index in [1.165, 1.54) is 11.8 Å². The van der Waals surface area contributed by atoms with E-state index in [2.05, 4.69) is 19.1 Å². The van der Waals surface area contributed by atoms with Gasteiger partial charge in [-0.25, -0.2) is 0 Å². The van der Waals surface area contributed by atoms with E-state index >= 15 is 0 Å². The third-order valence-electron chi connectivity index (χ3n) is 3.95. The maximum Gasteiger partial charge on any atom is 0.130 e. The fourth-order valence-corrected chi connectivity index (χ4v) is 3.68. The number of rotatable bonds is 4. The van der Waals surface area contributed by atoms with E-state index in [1.54, 1.807) is 12.1 Å². The van der Waals surface area contributed by atoms with Gasteiger partial charge in [-0.1, -0.05) is 61.2 Å². The second-order valence-electron chi connectivity index (χ2n) is 5.72. The van der Waals surface area contributed by atoms with Crippen molar-refractivity contribution in [3.63, 3.8) is 0 Å². The van der Waals surface area contributed by atoms with E-state index in [4.69, 9.17) is 0 Å². The van der Waals surface area contributed by atoms with Crippen LogP contribution in [0.5, 0.6) is 11.5 Å². The van der Waals surface area contributed by atoms with Gasteiger partial charge in [0.1, 0.15) is 11.5 Å². The third kappa shape index (κ3) is 3.26. The summed E-state index contributed by atoms with van der Waals surface area (Å²) in [6, 6.07) is 15.3. The molecule has 3 aromatic rings. The molecule has 0 radical (unpaired) electrons. The van der Waals surface area contributed by atoms with Crippen LogP contribution in [-0.2, 0) is 0 Å². The topological polar surface area (TPSA) is 40.5 Å². The van der Waals surface area contributed by atoms with Crippen molar-refractivity contribution >= 4 is 28.6 Å². The number of phenols is 2. The molecular weight excluding hydrogens is 316 g/mol. The Morgan fingerprint density at radius 3 is 2.58 bits per heavy atom. The van der Waals surface area contributed by atoms with Crippen LogP contribution in [0.15, 0.2) is 64.4 Å². The molecule has 0 aliphatic carbocycles. The minimum absolute atomic E-state index is 0.226. The molecule has 0 fully saturated rings. The van der Waals surface area contributed by atoms with Crippen LogP contribution in [0.1, 0.15) is 24.5 Å². The summed E-state index contributed by atoms with van der Waals surface area (Å²) < 4.78 is 0. The predicted octanol–water partition coefficient (Wildman–Crippen LogP) is 6.13. The highest BCUT2D eigenvalue weighted by Gasteiger charge is 2.12. The van der Waals surface area contributed by atoms with Crippen LogP contribution in [0, 0.1) is 6.92 Å². The van der Waals surface area contributed by atoms with Crippen molar-refractivity contribution in [2.45, 2.75) is 30.1 Å². The summed E-state index contributed by atoms with van der Waals surface area (Å²) in [4.78, 5) is 1.50. The van der Waals surface area contributed by atoms with Gasteiger partial charge in [0.2, 0.25) is 0 Å². The zero-order valence-electron chi connectivity index (χ0n) is 13.8. The molecule has 0 unspecified atom stereocenters. The molecule has 3 rings (SSSR count). The highest BCUT2D eigenvalue weighted by atomic mass is 32.2. The molecule has 3 heteroatoms. The van der Waals surface area contributed by atoms with Crippen molar-refractivity contribution < 1.29 is 10.2 Å². The Bertz CT molecular complexity index is 913. The van der Waals surface area contributed by atoms with Gasteiger partial charge in [0, 0.05) is 0 Å². The van der Waals surface area contributed by atoms with Crippen LogP contribution < -0.4 is 0 Å². The van der Waals surface area contributed by atoms with Gasteiger partial charge in [0.15, 0.2) is 0 Å². The fraction of sp³-hybridized carbons (Fsp3) is 0.143. The summed E-state index contributed by atoms with van der Waals surface area (Å²) in [5.41, 5.74) is 2.11. The second-order valence-corrected chi connectivity index (χ2v) is 6.78. The lowest BCUT2D eigenvalue weighted by Gasteiger charge is -2.12. The molecule has 0 amide bonds. The van der Waals surface area contributed by atoms with Crippen molar-refractivity contribution in [1.29, 1.82) is 0 Å². The van der Waals surface area contributed by atoms with Gasteiger partial charge >= 0.3 is 0 Å². The molecule has 0 bridgehead atoms. The summed E-state index contributed by atoms with van der Waals surface area (Å²) in [6.07, 6.45) is 5.14. The SMILES string of the molecule is CC/C=C\c1cc(Sc2c(O)ccc3ccccc23)c(O)cc1C. The van der Waals surface area contributed by atoms with E-state index in [0.717, 1.165) is 38.1 Å². The first-order valence-electron chi connectivity index (χ1n) is 7.99. The van der Waals surface area contributed by atoms with Gasteiger partial charge in [0.05, 0.1) is 9.79 Å². The Labute approximate surface area is 146 Å². The number of benzene rings is 3. The van der Waals surface area contributed by atoms with Gasteiger partial charge in [-0.2, -0.15) is 0 Å². The third-order valence-corrected chi connectivity index (χ3v) is 5.13. The average molecular weight is 336 g/mol. The predicted molar refractivity (Wildman–Crippen MR) is 102 cm³/mol. The summed E-state index contributed by atoms with van der Waals surface area (Å²) in [7, 11) is 0. The lowest BCUT2D eigenvalue weighted by molar-refractivity contribution is 0.460. The normalized spacial score (nSPS) is 11.4. The lowest BCUT2D eigenvalue weighted by atomic mass is 10.1. The smallest absolute Gasteiger partial charge is 0.130 e. The number of hydrogen-bond acceptors (Lipinski definition) is 3. The van der Waals surface area contributed by atoms with Crippen molar-refractivity contribution in [3.8, 4) is 11.5 Å². The standard InChI is InChI=1S/C21H20O2S/c1-3-4-7-16-13-20(19(23)12-14(16)2)24-21-17-9-6-5-8-15(17)10-11-18(21)22/h4-13,22-23H,3H2,1-2H3/b7-4-. The van der Waals surface area contributed by atoms with Gasteiger partial charge in [-0.3, -0.25) is 0 Å². The van der Waals surface area contributed by atoms with Crippen LogP contribution >= 0.6 is 11.8 Å². The van der Waals surface area contributed by atoms with E-state index in [9.17, 15) is 10.2 Å². The maximum absolute atomic E-state index is 10.3. The van der Waals surface area contributed by atoms with Crippen LogP contribution in [0.4, 0.5) is 0 Å². The molecule has 0 aliphatic heterocycles. The molecular formula is C21H20O2S. The van der Waals surface area contributed by atoms with Crippen molar-refractivity contribution in [2.24, 2.45) is 0 Å². The molecule has 2 nitrogen and oxygen atoms in total. The van der Waals surface area contributed by atoms with Gasteiger partial charge in [0.25, 0.3) is 0 Å². The largest absolute Gasteiger partial charge is 0.507 e. The molecule has 0 aliphatic rings. The Hall–Kier alpha value is -2.39. The molecule has 122 valence electrons. The molecule has 0 aromatic heterocycles. The Morgan fingerprint density at radius 2 is 1.79 bits per heavy atom. The van der Waals surface area contributed by atoms with Gasteiger partial charge in [-0.05, 0) is 53.4 Å². The van der Waals surface area contributed by atoms with Crippen molar-refractivity contribution in [2.75, 3.05) is 0 Å². The number of aromatic hydroxyl groups is 2. The first kappa shape index (κ1) is 16.5. The number of phenolic OH excluding ortho intramolecular Hbond substituents is 2. The van der Waals surface area contributed by atoms with E-state index in [-0.39, 0.29) is 11.5 Å². The summed E-state index contributed by atoms with van der Waals surface area (Å²) in [5.74, 6) is 0.461. The zero-order chi connectivity index (χ0) is 17.1. The van der Waals surface area contributed by atoms with Crippen molar-refractivity contribution in [1.82, 2.24) is 0 Å². The summed E-state index contributed by atoms with van der Waals surface area (Å²) >= 11 is 1.39. The minimum Gasteiger partial charge on any atom is -0.507 e. The van der Waals surface area contributed by atoms with E-state index < -0.39 is 0 Å². The lowest BCUT2D eigenvalue weighted by Crippen LogP contribution is -1.85. The highest BCUT2D eigenvalue weighted by Crippen LogP contribution is 2.43. The summed E-state index contributed by atoms with van der Waals surface area (Å²) in [6.45, 7) is 4.08. The maximum atomic E-state index is 10.3.